The zero-order valence-electron chi connectivity index (χ0n) is 10.3. The number of hydrogen-bond acceptors (Lipinski definition) is 6. The summed E-state index contributed by atoms with van der Waals surface area (Å²) in [5, 5.41) is 23.9. The number of nitro groups is 1. The van der Waals surface area contributed by atoms with E-state index in [1.54, 1.807) is 0 Å². The second-order valence-electron chi connectivity index (χ2n) is 4.77. The molecule has 0 aliphatic heterocycles. The first-order valence-electron chi connectivity index (χ1n) is 6.13. The van der Waals surface area contributed by atoms with Crippen molar-refractivity contribution in [3.63, 3.8) is 0 Å². The van der Waals surface area contributed by atoms with Gasteiger partial charge in [-0.2, -0.15) is 4.98 Å². The largest absolute Gasteiger partial charge is 0.388 e. The second-order valence-corrected chi connectivity index (χ2v) is 5.11. The molecular formula is C11H15ClN4O3. The molecule has 1 aliphatic rings. The van der Waals surface area contributed by atoms with Crippen LogP contribution in [0.5, 0.6) is 0 Å². The van der Waals surface area contributed by atoms with Crippen LogP contribution in [0.2, 0.25) is 5.28 Å². The predicted octanol–water partition coefficient (Wildman–Crippen LogP) is 2.15. The normalized spacial score (nSPS) is 18.0. The van der Waals surface area contributed by atoms with E-state index in [4.69, 9.17) is 11.6 Å². The van der Waals surface area contributed by atoms with E-state index in [1.807, 2.05) is 0 Å². The molecule has 2 N–H and O–H groups in total. The Bertz CT molecular complexity index is 477. The fraction of sp³-hybridized carbons (Fsp3) is 0.636. The van der Waals surface area contributed by atoms with Gasteiger partial charge in [0, 0.05) is 6.54 Å². The van der Waals surface area contributed by atoms with Crippen LogP contribution in [0.4, 0.5) is 11.5 Å². The summed E-state index contributed by atoms with van der Waals surface area (Å²) >= 11 is 5.63. The van der Waals surface area contributed by atoms with Crippen LogP contribution in [0, 0.1) is 10.1 Å². The van der Waals surface area contributed by atoms with Crippen LogP contribution in [0.3, 0.4) is 0 Å². The molecule has 0 radical (unpaired) electrons. The van der Waals surface area contributed by atoms with Gasteiger partial charge in [0.25, 0.3) is 0 Å². The first-order chi connectivity index (χ1) is 9.00. The van der Waals surface area contributed by atoms with Crippen LogP contribution in [0.25, 0.3) is 0 Å². The fourth-order valence-corrected chi connectivity index (χ4v) is 2.39. The lowest BCUT2D eigenvalue weighted by Crippen LogP contribution is -2.39. The Morgan fingerprint density at radius 2 is 2.16 bits per heavy atom. The minimum absolute atomic E-state index is 0.0454. The molecule has 1 aromatic heterocycles. The van der Waals surface area contributed by atoms with Gasteiger partial charge in [0.1, 0.15) is 6.20 Å². The van der Waals surface area contributed by atoms with Gasteiger partial charge in [-0.05, 0) is 24.4 Å². The van der Waals surface area contributed by atoms with Crippen LogP contribution < -0.4 is 5.32 Å². The van der Waals surface area contributed by atoms with E-state index in [0.717, 1.165) is 25.5 Å². The maximum absolute atomic E-state index is 10.8. The summed E-state index contributed by atoms with van der Waals surface area (Å²) < 4.78 is 0. The monoisotopic (exact) mass is 286 g/mol. The number of halogens is 1. The minimum atomic E-state index is -0.830. The highest BCUT2D eigenvalue weighted by atomic mass is 35.5. The third-order valence-corrected chi connectivity index (χ3v) is 3.49. The Morgan fingerprint density at radius 1 is 1.47 bits per heavy atom. The number of nitrogens with one attached hydrogen (secondary N) is 1. The van der Waals surface area contributed by atoms with Gasteiger partial charge in [-0.1, -0.05) is 19.3 Å². The van der Waals surface area contributed by atoms with Crippen molar-refractivity contribution in [2.45, 2.75) is 37.7 Å². The van der Waals surface area contributed by atoms with Gasteiger partial charge in [0.15, 0.2) is 0 Å². The summed E-state index contributed by atoms with van der Waals surface area (Å²) in [6.07, 6.45) is 5.47. The molecule has 1 saturated carbocycles. The van der Waals surface area contributed by atoms with Gasteiger partial charge in [-0.25, -0.2) is 4.98 Å². The number of aromatic nitrogens is 2. The topological polar surface area (TPSA) is 101 Å². The lowest BCUT2D eigenvalue weighted by molar-refractivity contribution is -0.384. The Kier molecular flexibility index (Phi) is 4.16. The first kappa shape index (κ1) is 14.0. The van der Waals surface area contributed by atoms with Crippen molar-refractivity contribution >= 4 is 23.1 Å². The SMILES string of the molecule is O=[N+]([O-])c1cnc(Cl)nc1NCC1(O)CCCCC1. The van der Waals surface area contributed by atoms with E-state index in [-0.39, 0.29) is 23.3 Å². The third kappa shape index (κ3) is 3.51. The first-order valence-corrected chi connectivity index (χ1v) is 6.51. The van der Waals surface area contributed by atoms with Crippen LogP contribution in [0.15, 0.2) is 6.20 Å². The fourth-order valence-electron chi connectivity index (χ4n) is 2.25. The number of hydrogen-bond donors (Lipinski definition) is 2. The van der Waals surface area contributed by atoms with E-state index >= 15 is 0 Å². The van der Waals surface area contributed by atoms with E-state index in [9.17, 15) is 15.2 Å². The second kappa shape index (κ2) is 5.66. The van der Waals surface area contributed by atoms with Crippen molar-refractivity contribution in [3.05, 3.63) is 21.6 Å². The van der Waals surface area contributed by atoms with Gasteiger partial charge in [0.2, 0.25) is 11.1 Å². The Hall–Kier alpha value is -1.47. The molecule has 0 aromatic carbocycles. The molecular weight excluding hydrogens is 272 g/mol. The van der Waals surface area contributed by atoms with Gasteiger partial charge in [0.05, 0.1) is 10.5 Å². The Balaban J connectivity index is 2.10. The molecule has 0 spiro atoms. The average Bonchev–Trinajstić information content (AvgIpc) is 2.37. The highest BCUT2D eigenvalue weighted by Crippen LogP contribution is 2.29. The van der Waals surface area contributed by atoms with Gasteiger partial charge >= 0.3 is 5.69 Å². The molecule has 0 amide bonds. The van der Waals surface area contributed by atoms with E-state index in [1.165, 1.54) is 0 Å². The molecule has 0 bridgehead atoms. The molecule has 1 heterocycles. The van der Waals surface area contributed by atoms with Crippen molar-refractivity contribution in [2.75, 3.05) is 11.9 Å². The van der Waals surface area contributed by atoms with Gasteiger partial charge in [-0.15, -0.1) is 0 Å². The van der Waals surface area contributed by atoms with Crippen LogP contribution in [-0.2, 0) is 0 Å². The Labute approximate surface area is 115 Å². The number of nitrogens with zero attached hydrogens (tertiary/aromatic N) is 3. The van der Waals surface area contributed by atoms with Crippen molar-refractivity contribution in [1.82, 2.24) is 9.97 Å². The number of rotatable bonds is 4. The average molecular weight is 287 g/mol. The van der Waals surface area contributed by atoms with Crippen molar-refractivity contribution in [2.24, 2.45) is 0 Å². The maximum Gasteiger partial charge on any atom is 0.329 e. The quantitative estimate of drug-likeness (QED) is 0.499. The third-order valence-electron chi connectivity index (χ3n) is 3.31. The standard InChI is InChI=1S/C11H15ClN4O3/c12-10-13-6-8(16(18)19)9(15-10)14-7-11(17)4-2-1-3-5-11/h6,17H,1-5,7H2,(H,13,14,15). The minimum Gasteiger partial charge on any atom is -0.388 e. The van der Waals surface area contributed by atoms with E-state index < -0.39 is 10.5 Å². The molecule has 104 valence electrons. The number of anilines is 1. The highest BCUT2D eigenvalue weighted by Gasteiger charge is 2.30. The molecule has 0 unspecified atom stereocenters. The molecule has 2 rings (SSSR count). The maximum atomic E-state index is 10.8. The zero-order chi connectivity index (χ0) is 13.9. The van der Waals surface area contributed by atoms with Crippen LogP contribution in [-0.4, -0.2) is 32.1 Å². The number of aliphatic hydroxyl groups is 1. The lowest BCUT2D eigenvalue weighted by Gasteiger charge is -2.32. The molecule has 0 saturated heterocycles. The summed E-state index contributed by atoms with van der Waals surface area (Å²) in [5.41, 5.74) is -1.08. The van der Waals surface area contributed by atoms with Crippen LogP contribution in [0.1, 0.15) is 32.1 Å². The summed E-state index contributed by atoms with van der Waals surface area (Å²) in [7, 11) is 0. The van der Waals surface area contributed by atoms with Crippen LogP contribution >= 0.6 is 11.6 Å². The Morgan fingerprint density at radius 3 is 2.79 bits per heavy atom. The van der Waals surface area contributed by atoms with E-state index in [2.05, 4.69) is 15.3 Å². The molecule has 8 heteroatoms. The molecule has 1 fully saturated rings. The van der Waals surface area contributed by atoms with Crippen molar-refractivity contribution in [3.8, 4) is 0 Å². The summed E-state index contributed by atoms with van der Waals surface area (Å²) in [6, 6.07) is 0. The highest BCUT2D eigenvalue weighted by molar-refractivity contribution is 6.28. The molecule has 19 heavy (non-hydrogen) atoms. The molecule has 0 atom stereocenters. The summed E-state index contributed by atoms with van der Waals surface area (Å²) in [5.74, 6) is 0.0454. The smallest absolute Gasteiger partial charge is 0.329 e. The van der Waals surface area contributed by atoms with Gasteiger partial charge < -0.3 is 10.4 Å². The zero-order valence-corrected chi connectivity index (χ0v) is 11.1. The predicted molar refractivity (Wildman–Crippen MR) is 70.2 cm³/mol. The van der Waals surface area contributed by atoms with Crippen molar-refractivity contribution < 1.29 is 10.0 Å². The summed E-state index contributed by atoms with van der Waals surface area (Å²) in [4.78, 5) is 17.6. The molecule has 1 aromatic rings. The molecule has 7 nitrogen and oxygen atoms in total. The lowest BCUT2D eigenvalue weighted by atomic mass is 9.85. The van der Waals surface area contributed by atoms with E-state index in [0.29, 0.717) is 12.8 Å². The molecule has 1 aliphatic carbocycles. The van der Waals surface area contributed by atoms with Crippen molar-refractivity contribution in [1.29, 1.82) is 0 Å². The summed E-state index contributed by atoms with van der Waals surface area (Å²) in [6.45, 7) is 0.223. The van der Waals surface area contributed by atoms with Gasteiger partial charge in [-0.3, -0.25) is 10.1 Å².